The molecule has 0 aliphatic heterocycles. The second kappa shape index (κ2) is 18.9. The average Bonchev–Trinajstić information content (AvgIpc) is 2.49. The van der Waals surface area contributed by atoms with Crippen LogP contribution in [-0.4, -0.2) is 67.7 Å². The summed E-state index contributed by atoms with van der Waals surface area (Å²) < 4.78 is 29.7. The summed E-state index contributed by atoms with van der Waals surface area (Å²) in [6, 6.07) is 0. The molecule has 0 heterocycles. The summed E-state index contributed by atoms with van der Waals surface area (Å²) in [6.07, 6.45) is 16.9. The maximum Gasteiger partial charge on any atom is 2.00 e. The fourth-order valence-electron chi connectivity index (χ4n) is 2.83. The number of unbranched alkanes of at least 4 members (excludes halogenated alkanes) is 12. The van der Waals surface area contributed by atoms with E-state index in [0.29, 0.717) is 6.42 Å². The summed E-state index contributed by atoms with van der Waals surface area (Å²) in [6.45, 7) is 2.25. The fraction of sp³-hybridized carbons (Fsp3) is 1.00. The number of hydrogen-bond acceptors (Lipinski definition) is 3. The molecular formula is C18H40CaO4S. The Labute approximate surface area is 182 Å². The van der Waals surface area contributed by atoms with Gasteiger partial charge in [-0.2, -0.15) is 8.42 Å². The van der Waals surface area contributed by atoms with Crippen LogP contribution in [0.5, 0.6) is 0 Å². The van der Waals surface area contributed by atoms with Crippen molar-refractivity contribution in [1.29, 1.82) is 0 Å². The minimum atomic E-state index is -3.94. The Balaban J connectivity index is -0.000000807. The van der Waals surface area contributed by atoms with Gasteiger partial charge in [-0.15, -0.1) is 0 Å². The van der Waals surface area contributed by atoms with E-state index in [1.165, 1.54) is 70.6 Å². The van der Waals surface area contributed by atoms with Crippen molar-refractivity contribution in [3.63, 3.8) is 0 Å². The minimum absolute atomic E-state index is 0. The molecule has 0 aromatic rings. The predicted molar refractivity (Wildman–Crippen MR) is 105 cm³/mol. The van der Waals surface area contributed by atoms with Crippen LogP contribution in [0, 0.1) is 0 Å². The topological polar surface area (TPSA) is 74.6 Å². The van der Waals surface area contributed by atoms with Crippen molar-refractivity contribution in [3.05, 3.63) is 0 Å². The molecule has 0 saturated carbocycles. The van der Waals surface area contributed by atoms with Crippen LogP contribution >= 0.6 is 0 Å². The Kier molecular flexibility index (Phi) is 21.5. The molecule has 0 amide bonds. The van der Waals surface area contributed by atoms with Crippen LogP contribution in [0.25, 0.3) is 0 Å². The molecule has 24 heavy (non-hydrogen) atoms. The summed E-state index contributed by atoms with van der Waals surface area (Å²) in [5.41, 5.74) is 0. The molecule has 1 atom stereocenters. The van der Waals surface area contributed by atoms with Crippen molar-refractivity contribution in [2.24, 2.45) is 0 Å². The van der Waals surface area contributed by atoms with Crippen molar-refractivity contribution >= 4 is 47.9 Å². The van der Waals surface area contributed by atoms with Gasteiger partial charge in [0.2, 0.25) is 0 Å². The summed E-state index contributed by atoms with van der Waals surface area (Å²) in [7, 11) is -3.94. The number of rotatable bonds is 17. The Morgan fingerprint density at radius 3 is 1.50 bits per heavy atom. The fourth-order valence-corrected chi connectivity index (χ4v) is 3.40. The molecule has 144 valence electrons. The van der Waals surface area contributed by atoms with Crippen LogP contribution in [0.1, 0.15) is 106 Å². The third-order valence-electron chi connectivity index (χ3n) is 4.35. The van der Waals surface area contributed by atoms with Crippen LogP contribution in [0.2, 0.25) is 0 Å². The van der Waals surface area contributed by atoms with Crippen molar-refractivity contribution in [3.8, 4) is 0 Å². The largest absolute Gasteiger partial charge is 2.00 e. The molecule has 0 aromatic heterocycles. The first kappa shape index (κ1) is 27.3. The standard InChI is InChI=1S/C18H38O4S.Ca.2H/c1-2-3-4-5-6-7-8-9-10-11-12-13-14-15-18(19)16-17-23(20,21)22;;;/h18-19H,2-17H2,1H3,(H,20,21,22);;;/q;+2;2*-1. The third kappa shape index (κ3) is 23.1. The normalized spacial score (nSPS) is 12.8. The van der Waals surface area contributed by atoms with E-state index in [1.807, 2.05) is 0 Å². The van der Waals surface area contributed by atoms with Crippen LogP contribution in [0.3, 0.4) is 0 Å². The first-order valence-electron chi connectivity index (χ1n) is 9.59. The van der Waals surface area contributed by atoms with Crippen molar-refractivity contribution in [1.82, 2.24) is 0 Å². The maximum atomic E-state index is 10.6. The van der Waals surface area contributed by atoms with Gasteiger partial charge in [0.05, 0.1) is 11.9 Å². The zero-order chi connectivity index (χ0) is 17.4. The molecule has 0 aliphatic rings. The van der Waals surface area contributed by atoms with Gasteiger partial charge in [0, 0.05) is 0 Å². The van der Waals surface area contributed by atoms with Gasteiger partial charge in [-0.1, -0.05) is 90.4 Å². The molecule has 4 nitrogen and oxygen atoms in total. The van der Waals surface area contributed by atoms with E-state index in [9.17, 15) is 13.5 Å². The Bertz CT molecular complexity index is 357. The molecule has 6 heteroatoms. The zero-order valence-electron chi connectivity index (χ0n) is 17.7. The van der Waals surface area contributed by atoms with Gasteiger partial charge in [0.25, 0.3) is 10.1 Å². The number of aliphatic hydroxyl groups excluding tert-OH is 1. The molecule has 0 radical (unpaired) electrons. The Morgan fingerprint density at radius 2 is 1.12 bits per heavy atom. The average molecular weight is 393 g/mol. The predicted octanol–water partition coefficient (Wildman–Crippen LogP) is 4.95. The van der Waals surface area contributed by atoms with E-state index in [0.717, 1.165) is 12.8 Å². The van der Waals surface area contributed by atoms with E-state index in [-0.39, 0.29) is 52.8 Å². The van der Waals surface area contributed by atoms with Gasteiger partial charge in [-0.25, -0.2) is 0 Å². The summed E-state index contributed by atoms with van der Waals surface area (Å²) >= 11 is 0. The van der Waals surface area contributed by atoms with Gasteiger partial charge in [0.15, 0.2) is 0 Å². The Hall–Kier alpha value is 1.13. The van der Waals surface area contributed by atoms with Gasteiger partial charge in [-0.05, 0) is 12.8 Å². The molecule has 0 bridgehead atoms. The van der Waals surface area contributed by atoms with Gasteiger partial charge in [-0.3, -0.25) is 4.55 Å². The number of hydrogen-bond donors (Lipinski definition) is 2. The second-order valence-electron chi connectivity index (χ2n) is 6.76. The molecule has 2 N–H and O–H groups in total. The molecular weight excluding hydrogens is 352 g/mol. The maximum absolute atomic E-state index is 10.6. The summed E-state index contributed by atoms with van der Waals surface area (Å²) in [5, 5.41) is 9.61. The van der Waals surface area contributed by atoms with Crippen LogP contribution in [0.15, 0.2) is 0 Å². The molecule has 0 spiro atoms. The molecule has 0 rings (SSSR count). The molecule has 0 saturated heterocycles. The Morgan fingerprint density at radius 1 is 0.750 bits per heavy atom. The monoisotopic (exact) mass is 392 g/mol. The molecule has 0 fully saturated rings. The third-order valence-corrected chi connectivity index (χ3v) is 5.10. The quantitative estimate of drug-likeness (QED) is 0.209. The number of aliphatic hydroxyl groups is 1. The molecule has 1 unspecified atom stereocenters. The van der Waals surface area contributed by atoms with Gasteiger partial charge in [0.1, 0.15) is 0 Å². The van der Waals surface area contributed by atoms with Crippen LogP contribution in [-0.2, 0) is 10.1 Å². The summed E-state index contributed by atoms with van der Waals surface area (Å²) in [5.74, 6) is -0.341. The van der Waals surface area contributed by atoms with E-state index >= 15 is 0 Å². The smallest absolute Gasteiger partial charge is 1.00 e. The van der Waals surface area contributed by atoms with Crippen molar-refractivity contribution < 1.29 is 20.9 Å². The summed E-state index contributed by atoms with van der Waals surface area (Å²) in [4.78, 5) is 0. The van der Waals surface area contributed by atoms with Crippen molar-refractivity contribution in [2.75, 3.05) is 5.75 Å². The van der Waals surface area contributed by atoms with Crippen LogP contribution < -0.4 is 0 Å². The van der Waals surface area contributed by atoms with Crippen molar-refractivity contribution in [2.45, 2.75) is 109 Å². The van der Waals surface area contributed by atoms with E-state index in [1.54, 1.807) is 0 Å². The van der Waals surface area contributed by atoms with E-state index in [4.69, 9.17) is 4.55 Å². The minimum Gasteiger partial charge on any atom is -1.00 e. The van der Waals surface area contributed by atoms with E-state index < -0.39 is 16.2 Å². The SMILES string of the molecule is CCCCCCCCCCCCCCCC(O)CCS(=O)(=O)O.[Ca+2].[H-].[H-]. The zero-order valence-corrected chi connectivity index (χ0v) is 18.7. The molecule has 0 aliphatic carbocycles. The first-order valence-corrected chi connectivity index (χ1v) is 11.2. The van der Waals surface area contributed by atoms with Gasteiger partial charge < -0.3 is 7.96 Å². The first-order chi connectivity index (χ1) is 11.0. The van der Waals surface area contributed by atoms with Crippen LogP contribution in [0.4, 0.5) is 0 Å². The van der Waals surface area contributed by atoms with E-state index in [2.05, 4.69) is 6.92 Å². The van der Waals surface area contributed by atoms with Gasteiger partial charge >= 0.3 is 37.7 Å². The second-order valence-corrected chi connectivity index (χ2v) is 8.33. The molecule has 0 aromatic carbocycles.